The number of hydrogen-bond acceptors (Lipinski definition) is 1. The van der Waals surface area contributed by atoms with E-state index in [4.69, 9.17) is 4.74 Å². The lowest BCUT2D eigenvalue weighted by atomic mass is 10.0. The van der Waals surface area contributed by atoms with Crippen molar-refractivity contribution >= 4 is 0 Å². The Kier molecular flexibility index (Phi) is 4.60. The van der Waals surface area contributed by atoms with Gasteiger partial charge in [-0.05, 0) is 25.7 Å². The predicted octanol–water partition coefficient (Wildman–Crippen LogP) is 2.95. The minimum Gasteiger partial charge on any atom is -0.378 e. The molecule has 0 bridgehead atoms. The summed E-state index contributed by atoms with van der Waals surface area (Å²) >= 11 is 0. The maximum Gasteiger partial charge on any atom is 0.0575 e. The van der Waals surface area contributed by atoms with Gasteiger partial charge in [-0.1, -0.05) is 26.2 Å². The number of unbranched alkanes of at least 4 members (excludes halogenated alkanes) is 2. The van der Waals surface area contributed by atoms with Crippen LogP contribution < -0.4 is 0 Å². The summed E-state index contributed by atoms with van der Waals surface area (Å²) in [5.74, 6) is 0. The van der Waals surface area contributed by atoms with Crippen LogP contribution in [0.25, 0.3) is 0 Å². The Morgan fingerprint density at radius 3 is 2.82 bits per heavy atom. The monoisotopic (exact) mass is 155 g/mol. The fraction of sp³-hybridized carbons (Fsp3) is 0.900. The van der Waals surface area contributed by atoms with Crippen LogP contribution in [0.1, 0.15) is 44.9 Å². The molecule has 65 valence electrons. The second-order valence-corrected chi connectivity index (χ2v) is 3.34. The maximum absolute atomic E-state index is 5.60. The van der Waals surface area contributed by atoms with Crippen LogP contribution in [0.3, 0.4) is 0 Å². The van der Waals surface area contributed by atoms with Crippen LogP contribution in [0.2, 0.25) is 0 Å². The maximum atomic E-state index is 5.60. The highest BCUT2D eigenvalue weighted by atomic mass is 16.5. The molecule has 1 aliphatic rings. The molecule has 1 atom stereocenters. The predicted molar refractivity (Wildman–Crippen MR) is 47.4 cm³/mol. The van der Waals surface area contributed by atoms with E-state index in [1.807, 2.05) is 0 Å². The Hall–Kier alpha value is -0.0400. The molecule has 0 spiro atoms. The van der Waals surface area contributed by atoms with E-state index < -0.39 is 0 Å². The van der Waals surface area contributed by atoms with Crippen molar-refractivity contribution in [3.05, 3.63) is 6.92 Å². The van der Waals surface area contributed by atoms with E-state index in [1.165, 1.54) is 38.5 Å². The molecule has 0 saturated carbocycles. The molecule has 0 amide bonds. The van der Waals surface area contributed by atoms with E-state index in [0.717, 1.165) is 13.0 Å². The van der Waals surface area contributed by atoms with Gasteiger partial charge < -0.3 is 4.74 Å². The summed E-state index contributed by atoms with van der Waals surface area (Å²) < 4.78 is 5.60. The van der Waals surface area contributed by atoms with Gasteiger partial charge in [0.25, 0.3) is 0 Å². The topological polar surface area (TPSA) is 9.23 Å². The van der Waals surface area contributed by atoms with Crippen molar-refractivity contribution < 1.29 is 4.74 Å². The molecule has 1 unspecified atom stereocenters. The molecule has 0 aromatic rings. The van der Waals surface area contributed by atoms with Crippen LogP contribution >= 0.6 is 0 Å². The van der Waals surface area contributed by atoms with Gasteiger partial charge in [-0.2, -0.15) is 0 Å². The van der Waals surface area contributed by atoms with Gasteiger partial charge in [-0.25, -0.2) is 0 Å². The SMILES string of the molecule is [CH2]CCCCC1CCCCO1. The number of ether oxygens (including phenoxy) is 1. The lowest BCUT2D eigenvalue weighted by Crippen LogP contribution is -2.18. The molecule has 0 aromatic heterocycles. The number of rotatable bonds is 4. The molecule has 0 aliphatic carbocycles. The molecule has 1 nitrogen and oxygen atoms in total. The van der Waals surface area contributed by atoms with Crippen LogP contribution in [0.4, 0.5) is 0 Å². The third-order valence-electron chi connectivity index (χ3n) is 2.30. The van der Waals surface area contributed by atoms with Gasteiger partial charge >= 0.3 is 0 Å². The van der Waals surface area contributed by atoms with Crippen molar-refractivity contribution in [1.29, 1.82) is 0 Å². The Labute approximate surface area is 70.1 Å². The van der Waals surface area contributed by atoms with Crippen molar-refractivity contribution in [1.82, 2.24) is 0 Å². The average Bonchev–Trinajstić information content (AvgIpc) is 2.07. The minimum atomic E-state index is 0.579. The van der Waals surface area contributed by atoms with E-state index >= 15 is 0 Å². The smallest absolute Gasteiger partial charge is 0.0575 e. The van der Waals surface area contributed by atoms with Crippen molar-refractivity contribution in [2.24, 2.45) is 0 Å². The van der Waals surface area contributed by atoms with Crippen LogP contribution in [0.15, 0.2) is 0 Å². The molecule has 1 saturated heterocycles. The largest absolute Gasteiger partial charge is 0.378 e. The molecule has 0 N–H and O–H groups in total. The van der Waals surface area contributed by atoms with Crippen LogP contribution in [-0.2, 0) is 4.74 Å². The summed E-state index contributed by atoms with van der Waals surface area (Å²) in [4.78, 5) is 0. The van der Waals surface area contributed by atoms with Crippen molar-refractivity contribution in [2.45, 2.75) is 51.0 Å². The van der Waals surface area contributed by atoms with E-state index in [9.17, 15) is 0 Å². The van der Waals surface area contributed by atoms with E-state index in [-0.39, 0.29) is 0 Å². The molecular formula is C10H19O. The molecule has 0 aromatic carbocycles. The Morgan fingerprint density at radius 2 is 2.18 bits per heavy atom. The highest BCUT2D eigenvalue weighted by Crippen LogP contribution is 2.17. The molecule has 11 heavy (non-hydrogen) atoms. The number of hydrogen-bond donors (Lipinski definition) is 0. The fourth-order valence-electron chi connectivity index (χ4n) is 1.58. The second kappa shape index (κ2) is 5.59. The normalized spacial score (nSPS) is 25.4. The molecule has 1 aliphatic heterocycles. The zero-order valence-corrected chi connectivity index (χ0v) is 7.35. The summed E-state index contributed by atoms with van der Waals surface area (Å²) in [7, 11) is 0. The average molecular weight is 155 g/mol. The lowest BCUT2D eigenvalue weighted by Gasteiger charge is -2.22. The Balaban J connectivity index is 1.96. The molecule has 1 heterocycles. The Bertz CT molecular complexity index is 84.9. The molecular weight excluding hydrogens is 136 g/mol. The van der Waals surface area contributed by atoms with Crippen molar-refractivity contribution in [2.75, 3.05) is 6.61 Å². The standard InChI is InChI=1S/C10H19O/c1-2-3-4-7-10-8-5-6-9-11-10/h10H,1-9H2. The summed E-state index contributed by atoms with van der Waals surface area (Å²) in [6, 6.07) is 0. The van der Waals surface area contributed by atoms with E-state index in [0.29, 0.717) is 6.10 Å². The van der Waals surface area contributed by atoms with E-state index in [1.54, 1.807) is 0 Å². The highest BCUT2D eigenvalue weighted by Gasteiger charge is 2.12. The zero-order chi connectivity index (χ0) is 7.94. The second-order valence-electron chi connectivity index (χ2n) is 3.34. The molecule has 1 radical (unpaired) electrons. The quantitative estimate of drug-likeness (QED) is 0.567. The zero-order valence-electron chi connectivity index (χ0n) is 7.35. The summed E-state index contributed by atoms with van der Waals surface area (Å²) in [6.07, 6.45) is 9.41. The summed E-state index contributed by atoms with van der Waals surface area (Å²) in [6.45, 7) is 4.82. The first-order chi connectivity index (χ1) is 5.43. The van der Waals surface area contributed by atoms with Gasteiger partial charge in [0.15, 0.2) is 0 Å². The van der Waals surface area contributed by atoms with Crippen molar-refractivity contribution in [3.8, 4) is 0 Å². The van der Waals surface area contributed by atoms with Gasteiger partial charge in [0.1, 0.15) is 0 Å². The highest BCUT2D eigenvalue weighted by molar-refractivity contribution is 4.63. The molecule has 1 heteroatoms. The van der Waals surface area contributed by atoms with E-state index in [2.05, 4.69) is 6.92 Å². The lowest BCUT2D eigenvalue weighted by molar-refractivity contribution is 0.00990. The molecule has 1 fully saturated rings. The van der Waals surface area contributed by atoms with Gasteiger partial charge in [0, 0.05) is 6.61 Å². The minimum absolute atomic E-state index is 0.579. The van der Waals surface area contributed by atoms with Gasteiger partial charge in [-0.15, -0.1) is 0 Å². The third-order valence-corrected chi connectivity index (χ3v) is 2.30. The fourth-order valence-corrected chi connectivity index (χ4v) is 1.58. The first-order valence-corrected chi connectivity index (χ1v) is 4.84. The molecule has 1 rings (SSSR count). The third kappa shape index (κ3) is 3.76. The summed E-state index contributed by atoms with van der Waals surface area (Å²) in [5, 5.41) is 0. The summed E-state index contributed by atoms with van der Waals surface area (Å²) in [5.41, 5.74) is 0. The van der Waals surface area contributed by atoms with Gasteiger partial charge in [-0.3, -0.25) is 0 Å². The first kappa shape index (κ1) is 9.05. The van der Waals surface area contributed by atoms with Crippen LogP contribution in [0, 0.1) is 6.92 Å². The first-order valence-electron chi connectivity index (χ1n) is 4.84. The van der Waals surface area contributed by atoms with Crippen molar-refractivity contribution in [3.63, 3.8) is 0 Å². The van der Waals surface area contributed by atoms with Crippen LogP contribution in [-0.4, -0.2) is 12.7 Å². The van der Waals surface area contributed by atoms with Crippen LogP contribution in [0.5, 0.6) is 0 Å². The van der Waals surface area contributed by atoms with Gasteiger partial charge in [0.05, 0.1) is 6.10 Å². The van der Waals surface area contributed by atoms with Gasteiger partial charge in [0.2, 0.25) is 0 Å². The Morgan fingerprint density at radius 1 is 1.27 bits per heavy atom.